The molecule has 2 amide bonds. The van der Waals surface area contributed by atoms with Crippen molar-refractivity contribution in [1.29, 1.82) is 0 Å². The molecule has 200 valence electrons. The van der Waals surface area contributed by atoms with Gasteiger partial charge >= 0.3 is 0 Å². The number of hydrazone groups is 1. The summed E-state index contributed by atoms with van der Waals surface area (Å²) in [5.41, 5.74) is 4.20. The minimum atomic E-state index is -0.375. The topological polar surface area (TPSA) is 89.0 Å². The highest BCUT2D eigenvalue weighted by atomic mass is 79.9. The average molecular weight is 662 g/mol. The molecular formula is C26H22BrCl4N3O4. The predicted octanol–water partition coefficient (Wildman–Crippen LogP) is 7.31. The van der Waals surface area contributed by atoms with Crippen LogP contribution in [0.4, 0.5) is 0 Å². The van der Waals surface area contributed by atoms with Crippen LogP contribution in [0.1, 0.15) is 34.8 Å². The van der Waals surface area contributed by atoms with E-state index in [1.807, 2.05) is 6.92 Å². The minimum absolute atomic E-state index is 0.0261. The van der Waals surface area contributed by atoms with Crippen molar-refractivity contribution in [2.24, 2.45) is 5.10 Å². The van der Waals surface area contributed by atoms with Gasteiger partial charge in [-0.3, -0.25) is 9.59 Å². The molecule has 0 heterocycles. The molecule has 0 fully saturated rings. The molecule has 0 aliphatic rings. The Morgan fingerprint density at radius 2 is 1.76 bits per heavy atom. The zero-order chi connectivity index (χ0) is 27.7. The molecule has 3 rings (SSSR count). The second-order valence-electron chi connectivity index (χ2n) is 7.72. The van der Waals surface area contributed by atoms with Crippen LogP contribution in [0.5, 0.6) is 11.5 Å². The number of carbonyl (C=O) groups is 2. The molecule has 38 heavy (non-hydrogen) atoms. The molecule has 0 aliphatic carbocycles. The number of ether oxygens (including phenoxy) is 2. The van der Waals surface area contributed by atoms with Gasteiger partial charge in [0.15, 0.2) is 11.5 Å². The van der Waals surface area contributed by atoms with Gasteiger partial charge in [-0.1, -0.05) is 52.5 Å². The standard InChI is InChI=1S/C26H22BrCl4N3O4/c1-2-37-23-10-15(9-19(27)25(23)38-14-17-3-5-18(28)12-21(17)30)13-33-34-24(35)7-8-32-26(36)16-4-6-20(29)22(31)11-16/h3-6,9-13H,2,7-8,14H2,1H3,(H,32,36)(H,34,35). The van der Waals surface area contributed by atoms with Gasteiger partial charge in [0.05, 0.1) is 27.3 Å². The second-order valence-corrected chi connectivity index (χ2v) is 10.2. The van der Waals surface area contributed by atoms with Gasteiger partial charge in [0.25, 0.3) is 5.91 Å². The van der Waals surface area contributed by atoms with Crippen molar-refractivity contribution in [1.82, 2.24) is 10.7 Å². The molecule has 3 aromatic rings. The number of benzene rings is 3. The molecule has 0 saturated carbocycles. The number of carbonyl (C=O) groups excluding carboxylic acids is 2. The van der Waals surface area contributed by atoms with E-state index in [9.17, 15) is 9.59 Å². The number of halogens is 5. The summed E-state index contributed by atoms with van der Waals surface area (Å²) in [7, 11) is 0. The highest BCUT2D eigenvalue weighted by molar-refractivity contribution is 9.10. The first-order valence-electron chi connectivity index (χ1n) is 11.3. The summed E-state index contributed by atoms with van der Waals surface area (Å²) in [5.74, 6) is 0.245. The molecule has 0 unspecified atom stereocenters. The lowest BCUT2D eigenvalue weighted by molar-refractivity contribution is -0.120. The fourth-order valence-corrected chi connectivity index (χ4v) is 4.45. The SMILES string of the molecule is CCOc1cc(C=NNC(=O)CCNC(=O)c2ccc(Cl)c(Cl)c2)cc(Br)c1OCc1ccc(Cl)cc1Cl. The Morgan fingerprint density at radius 3 is 2.47 bits per heavy atom. The lowest BCUT2D eigenvalue weighted by Gasteiger charge is -2.15. The van der Waals surface area contributed by atoms with Gasteiger partial charge in [0.2, 0.25) is 5.91 Å². The highest BCUT2D eigenvalue weighted by Crippen LogP contribution is 2.37. The Hall–Kier alpha value is -2.49. The third-order valence-corrected chi connectivity index (χ3v) is 6.86. The summed E-state index contributed by atoms with van der Waals surface area (Å²) in [6.45, 7) is 2.59. The van der Waals surface area contributed by atoms with Crippen LogP contribution in [0, 0.1) is 0 Å². The number of nitrogens with zero attached hydrogens (tertiary/aromatic N) is 1. The van der Waals surface area contributed by atoms with Crippen LogP contribution in [0.2, 0.25) is 20.1 Å². The van der Waals surface area contributed by atoms with Crippen molar-refractivity contribution in [3.63, 3.8) is 0 Å². The maximum atomic E-state index is 12.2. The molecular weight excluding hydrogens is 640 g/mol. The molecule has 0 aliphatic heterocycles. The first-order chi connectivity index (χ1) is 18.2. The van der Waals surface area contributed by atoms with Crippen molar-refractivity contribution in [3.05, 3.63) is 89.8 Å². The fourth-order valence-electron chi connectivity index (χ4n) is 3.12. The smallest absolute Gasteiger partial charge is 0.251 e. The lowest BCUT2D eigenvalue weighted by Crippen LogP contribution is -2.29. The summed E-state index contributed by atoms with van der Waals surface area (Å²) in [5, 5.41) is 8.30. The third kappa shape index (κ3) is 8.78. The third-order valence-electron chi connectivity index (χ3n) is 4.94. The first kappa shape index (κ1) is 30.1. The highest BCUT2D eigenvalue weighted by Gasteiger charge is 2.14. The van der Waals surface area contributed by atoms with E-state index in [-0.39, 0.29) is 36.4 Å². The molecule has 7 nitrogen and oxygen atoms in total. The van der Waals surface area contributed by atoms with Gasteiger partial charge in [-0.25, -0.2) is 5.43 Å². The summed E-state index contributed by atoms with van der Waals surface area (Å²) < 4.78 is 12.3. The van der Waals surface area contributed by atoms with Crippen LogP contribution in [-0.2, 0) is 11.4 Å². The predicted molar refractivity (Wildman–Crippen MR) is 155 cm³/mol. The molecule has 3 aromatic carbocycles. The molecule has 2 N–H and O–H groups in total. The van der Waals surface area contributed by atoms with E-state index in [1.165, 1.54) is 18.3 Å². The van der Waals surface area contributed by atoms with Gasteiger partial charge in [0, 0.05) is 34.1 Å². The van der Waals surface area contributed by atoms with E-state index in [2.05, 4.69) is 31.8 Å². The van der Waals surface area contributed by atoms with Gasteiger partial charge in [-0.15, -0.1) is 0 Å². The van der Waals surface area contributed by atoms with Crippen LogP contribution < -0.4 is 20.2 Å². The van der Waals surface area contributed by atoms with Gasteiger partial charge in [-0.05, 0) is 70.9 Å². The van der Waals surface area contributed by atoms with E-state index < -0.39 is 0 Å². The van der Waals surface area contributed by atoms with Crippen molar-refractivity contribution in [3.8, 4) is 11.5 Å². The van der Waals surface area contributed by atoms with E-state index in [4.69, 9.17) is 55.9 Å². The van der Waals surface area contributed by atoms with E-state index >= 15 is 0 Å². The van der Waals surface area contributed by atoms with Crippen molar-refractivity contribution < 1.29 is 19.1 Å². The zero-order valence-corrected chi connectivity index (χ0v) is 24.6. The Bertz CT molecular complexity index is 1350. The Labute approximate surface area is 248 Å². The number of amides is 2. The Kier molecular flexibility index (Phi) is 11.6. The lowest BCUT2D eigenvalue weighted by atomic mass is 10.2. The van der Waals surface area contributed by atoms with Gasteiger partial charge < -0.3 is 14.8 Å². The Balaban J connectivity index is 1.55. The molecule has 0 radical (unpaired) electrons. The number of rotatable bonds is 11. The molecule has 12 heteroatoms. The second kappa shape index (κ2) is 14.6. The van der Waals surface area contributed by atoms with Gasteiger partial charge in [-0.2, -0.15) is 5.10 Å². The molecule has 0 aromatic heterocycles. The molecule has 0 spiro atoms. The summed E-state index contributed by atoms with van der Waals surface area (Å²) >= 11 is 27.5. The summed E-state index contributed by atoms with van der Waals surface area (Å²) in [6.07, 6.45) is 1.50. The molecule has 0 saturated heterocycles. The fraction of sp³-hybridized carbons (Fsp3) is 0.192. The summed E-state index contributed by atoms with van der Waals surface area (Å²) in [4.78, 5) is 24.3. The number of nitrogens with one attached hydrogen (secondary N) is 2. The number of hydrogen-bond donors (Lipinski definition) is 2. The maximum absolute atomic E-state index is 12.2. The summed E-state index contributed by atoms with van der Waals surface area (Å²) in [6, 6.07) is 13.2. The van der Waals surface area contributed by atoms with E-state index in [0.29, 0.717) is 48.8 Å². The van der Waals surface area contributed by atoms with Crippen LogP contribution in [0.3, 0.4) is 0 Å². The normalized spacial score (nSPS) is 10.9. The quantitative estimate of drug-likeness (QED) is 0.167. The van der Waals surface area contributed by atoms with Crippen molar-refractivity contribution >= 4 is 80.4 Å². The zero-order valence-electron chi connectivity index (χ0n) is 20.0. The van der Waals surface area contributed by atoms with Crippen LogP contribution in [-0.4, -0.2) is 31.2 Å². The van der Waals surface area contributed by atoms with Crippen molar-refractivity contribution in [2.75, 3.05) is 13.2 Å². The van der Waals surface area contributed by atoms with Crippen LogP contribution in [0.25, 0.3) is 0 Å². The monoisotopic (exact) mass is 659 g/mol. The van der Waals surface area contributed by atoms with Crippen LogP contribution in [0.15, 0.2) is 58.1 Å². The molecule has 0 bridgehead atoms. The largest absolute Gasteiger partial charge is 0.490 e. The van der Waals surface area contributed by atoms with E-state index in [0.717, 1.165) is 5.56 Å². The molecule has 0 atom stereocenters. The number of hydrogen-bond acceptors (Lipinski definition) is 5. The Morgan fingerprint density at radius 1 is 0.974 bits per heavy atom. The van der Waals surface area contributed by atoms with Crippen LogP contribution >= 0.6 is 62.3 Å². The minimum Gasteiger partial charge on any atom is -0.490 e. The first-order valence-corrected chi connectivity index (χ1v) is 13.6. The average Bonchev–Trinajstić information content (AvgIpc) is 2.86. The van der Waals surface area contributed by atoms with E-state index in [1.54, 1.807) is 36.4 Å². The van der Waals surface area contributed by atoms with Gasteiger partial charge in [0.1, 0.15) is 6.61 Å². The maximum Gasteiger partial charge on any atom is 0.251 e. The van der Waals surface area contributed by atoms with Crippen molar-refractivity contribution in [2.45, 2.75) is 20.0 Å².